The van der Waals surface area contributed by atoms with Gasteiger partial charge in [-0.25, -0.2) is 18.5 Å². The smallest absolute Gasteiger partial charge is 0.388 e. The number of aliphatic hydroxyl groups excluding tert-OH is 1. The fourth-order valence-corrected chi connectivity index (χ4v) is 6.04. The molecule has 1 aromatic heterocycles. The average Bonchev–Trinajstić information content (AvgIpc) is 3.05. The molecule has 20 heteroatoms. The van der Waals surface area contributed by atoms with E-state index >= 15 is 0 Å². The highest BCUT2D eigenvalue weighted by molar-refractivity contribution is 7.66. The molecule has 1 saturated heterocycles. The van der Waals surface area contributed by atoms with Gasteiger partial charge in [-0.15, -0.1) is 0 Å². The molecule has 0 aliphatic carbocycles. The van der Waals surface area contributed by atoms with Crippen LogP contribution in [0.25, 0.3) is 6.08 Å². The van der Waals surface area contributed by atoms with E-state index < -0.39 is 59.8 Å². The standard InChI is InChI=1S/C15H26N3O14P3/c16-6-4-2-1-3-5-10-8-18(15(21)17-13(10)20)14-12(19)7-11(30-14)9-29-34(25,26)32-35(27,28)31-33(22,23)24/h3,5,8,11-12,14,19H,1-2,4,6-7,9,16H2,(H,25,26)(H,27,28)(H,17,20,21)(H2,22,23,24)/t11-,12+,14+/m0/s1. The number of hydrogen-bond donors (Lipinski definition) is 7. The zero-order valence-electron chi connectivity index (χ0n) is 18.0. The Morgan fingerprint density at radius 1 is 1.14 bits per heavy atom. The molecule has 8 N–H and O–H groups in total. The number of phosphoric ester groups is 1. The van der Waals surface area contributed by atoms with E-state index in [2.05, 4.69) is 18.1 Å². The lowest BCUT2D eigenvalue weighted by atomic mass is 10.2. The molecule has 35 heavy (non-hydrogen) atoms. The number of aliphatic hydroxyl groups is 1. The second-order valence-electron chi connectivity index (χ2n) is 7.28. The highest BCUT2D eigenvalue weighted by atomic mass is 31.3. The SMILES string of the molecule is NCCCCC=Cc1cn([C@@H]2O[C@H](COP(=O)(O)OP(=O)(O)OP(=O)(O)O)C[C@H]2O)c(=O)[nH]c1=O. The van der Waals surface area contributed by atoms with Gasteiger partial charge in [-0.3, -0.25) is 18.9 Å². The van der Waals surface area contributed by atoms with Crippen LogP contribution in [-0.4, -0.2) is 59.6 Å². The molecule has 0 aromatic carbocycles. The number of H-pyrrole nitrogens is 1. The number of hydrogen-bond acceptors (Lipinski definition) is 11. The van der Waals surface area contributed by atoms with Gasteiger partial charge in [0.25, 0.3) is 5.56 Å². The maximum absolute atomic E-state index is 12.2. The predicted molar refractivity (Wildman–Crippen MR) is 118 cm³/mol. The molecule has 2 unspecified atom stereocenters. The fourth-order valence-electron chi connectivity index (χ4n) is 2.99. The molecule has 0 saturated carbocycles. The third-order valence-corrected chi connectivity index (χ3v) is 8.20. The second kappa shape index (κ2) is 12.3. The van der Waals surface area contributed by atoms with Crippen molar-refractivity contribution in [1.82, 2.24) is 9.55 Å². The van der Waals surface area contributed by atoms with Crippen LogP contribution in [0.15, 0.2) is 21.9 Å². The Morgan fingerprint density at radius 3 is 2.46 bits per heavy atom. The number of allylic oxidation sites excluding steroid dienone is 1. The van der Waals surface area contributed by atoms with Gasteiger partial charge in [-0.05, 0) is 25.8 Å². The molecule has 2 rings (SSSR count). The number of unbranched alkanes of at least 4 members (excludes halogenated alkanes) is 2. The molecule has 2 heterocycles. The quantitative estimate of drug-likeness (QED) is 0.119. The molecule has 1 aliphatic heterocycles. The number of phosphoric acid groups is 3. The van der Waals surface area contributed by atoms with E-state index in [4.69, 9.17) is 25.2 Å². The van der Waals surface area contributed by atoms with Gasteiger partial charge in [-0.2, -0.15) is 8.62 Å². The Bertz CT molecular complexity index is 1160. The summed E-state index contributed by atoms with van der Waals surface area (Å²) in [7, 11) is -16.6. The van der Waals surface area contributed by atoms with E-state index in [1.807, 2.05) is 0 Å². The van der Waals surface area contributed by atoms with Crippen molar-refractivity contribution >= 4 is 29.5 Å². The van der Waals surface area contributed by atoms with Crippen LogP contribution in [-0.2, 0) is 31.6 Å². The Kier molecular flexibility index (Phi) is 10.5. The highest BCUT2D eigenvalue weighted by Crippen LogP contribution is 2.66. The summed E-state index contributed by atoms with van der Waals surface area (Å²) in [6.07, 6.45) is 2.60. The van der Waals surface area contributed by atoms with E-state index in [1.165, 1.54) is 12.3 Å². The molecule has 1 fully saturated rings. The van der Waals surface area contributed by atoms with Crippen LogP contribution in [0.4, 0.5) is 0 Å². The normalized spacial score (nSPS) is 24.5. The van der Waals surface area contributed by atoms with Crippen molar-refractivity contribution in [3.63, 3.8) is 0 Å². The number of nitrogens with two attached hydrogens (primary N) is 1. The van der Waals surface area contributed by atoms with Gasteiger partial charge in [0.05, 0.1) is 18.3 Å². The summed E-state index contributed by atoms with van der Waals surface area (Å²) in [6, 6.07) is 0. The van der Waals surface area contributed by atoms with Crippen LogP contribution >= 0.6 is 23.5 Å². The molecular weight excluding hydrogens is 539 g/mol. The van der Waals surface area contributed by atoms with Crippen LogP contribution in [0.3, 0.4) is 0 Å². The van der Waals surface area contributed by atoms with Gasteiger partial charge in [0.1, 0.15) is 6.10 Å². The first-order chi connectivity index (χ1) is 16.1. The van der Waals surface area contributed by atoms with Crippen LogP contribution in [0.2, 0.25) is 0 Å². The van der Waals surface area contributed by atoms with Gasteiger partial charge in [0, 0.05) is 12.6 Å². The van der Waals surface area contributed by atoms with Crippen molar-refractivity contribution in [2.24, 2.45) is 5.73 Å². The molecule has 200 valence electrons. The van der Waals surface area contributed by atoms with Crippen molar-refractivity contribution in [1.29, 1.82) is 0 Å². The van der Waals surface area contributed by atoms with Gasteiger partial charge in [0.2, 0.25) is 0 Å². The number of rotatable bonds is 13. The molecule has 0 amide bonds. The minimum atomic E-state index is -5.68. The topological polar surface area (TPSA) is 270 Å². The average molecular weight is 565 g/mol. The van der Waals surface area contributed by atoms with Crippen LogP contribution in [0.5, 0.6) is 0 Å². The van der Waals surface area contributed by atoms with Crippen LogP contribution in [0.1, 0.15) is 37.5 Å². The zero-order valence-corrected chi connectivity index (χ0v) is 20.7. The first kappa shape index (κ1) is 29.9. The van der Waals surface area contributed by atoms with E-state index in [-0.39, 0.29) is 12.0 Å². The third kappa shape index (κ3) is 9.94. The number of ether oxygens (including phenoxy) is 1. The number of nitrogens with one attached hydrogen (secondary N) is 1. The minimum Gasteiger partial charge on any atom is -0.388 e. The van der Waals surface area contributed by atoms with Crippen molar-refractivity contribution in [2.75, 3.05) is 13.2 Å². The number of nitrogens with zero attached hydrogens (tertiary/aromatic N) is 1. The van der Waals surface area contributed by atoms with Crippen molar-refractivity contribution in [3.8, 4) is 0 Å². The number of aromatic nitrogens is 2. The zero-order chi connectivity index (χ0) is 26.4. The Hall–Kier alpha value is -1.29. The van der Waals surface area contributed by atoms with Crippen molar-refractivity contribution in [2.45, 2.75) is 44.1 Å². The molecule has 17 nitrogen and oxygen atoms in total. The van der Waals surface area contributed by atoms with Gasteiger partial charge in [-0.1, -0.05) is 12.2 Å². The van der Waals surface area contributed by atoms with Crippen molar-refractivity contribution in [3.05, 3.63) is 38.7 Å². The summed E-state index contributed by atoms with van der Waals surface area (Å²) < 4.78 is 51.9. The Labute approximate surface area is 197 Å². The minimum absolute atomic E-state index is 0.102. The van der Waals surface area contributed by atoms with Gasteiger partial charge >= 0.3 is 29.2 Å². The lowest BCUT2D eigenvalue weighted by Gasteiger charge is -2.19. The summed E-state index contributed by atoms with van der Waals surface area (Å²) in [6.45, 7) is -0.275. The molecule has 1 aliphatic rings. The van der Waals surface area contributed by atoms with Crippen molar-refractivity contribution < 1.29 is 56.3 Å². The van der Waals surface area contributed by atoms with Gasteiger partial charge in [0.15, 0.2) is 6.23 Å². The summed E-state index contributed by atoms with van der Waals surface area (Å²) in [5, 5.41) is 10.3. The third-order valence-electron chi connectivity index (χ3n) is 4.40. The summed E-state index contributed by atoms with van der Waals surface area (Å²) in [5.74, 6) is 0. The molecule has 1 aromatic rings. The summed E-state index contributed by atoms with van der Waals surface area (Å²) in [5.41, 5.74) is 3.95. The predicted octanol–water partition coefficient (Wildman–Crippen LogP) is -0.329. The summed E-state index contributed by atoms with van der Waals surface area (Å²) in [4.78, 5) is 62.1. The Morgan fingerprint density at radius 2 is 1.83 bits per heavy atom. The summed E-state index contributed by atoms with van der Waals surface area (Å²) >= 11 is 0. The molecular formula is C15H26N3O14P3. The van der Waals surface area contributed by atoms with Gasteiger partial charge < -0.3 is 35.2 Å². The highest BCUT2D eigenvalue weighted by Gasteiger charge is 2.42. The maximum Gasteiger partial charge on any atom is 0.490 e. The first-order valence-corrected chi connectivity index (χ1v) is 14.5. The maximum atomic E-state index is 12.2. The van der Waals surface area contributed by atoms with E-state index in [9.17, 15) is 33.3 Å². The van der Waals surface area contributed by atoms with Crippen LogP contribution in [0, 0.1) is 0 Å². The van der Waals surface area contributed by atoms with Crippen LogP contribution < -0.4 is 17.0 Å². The lowest BCUT2D eigenvalue weighted by Crippen LogP contribution is -2.36. The largest absolute Gasteiger partial charge is 0.490 e. The fraction of sp³-hybridized carbons (Fsp3) is 0.600. The molecule has 5 atom stereocenters. The van der Waals surface area contributed by atoms with E-state index in [0.717, 1.165) is 17.4 Å². The first-order valence-electron chi connectivity index (χ1n) is 9.96. The monoisotopic (exact) mass is 565 g/mol. The molecule has 0 bridgehead atoms. The molecule has 0 spiro atoms. The van der Waals surface area contributed by atoms with E-state index in [1.54, 1.807) is 6.08 Å². The lowest BCUT2D eigenvalue weighted by molar-refractivity contribution is -0.0524. The number of aromatic amines is 1. The van der Waals surface area contributed by atoms with E-state index in [0.29, 0.717) is 13.0 Å². The second-order valence-corrected chi connectivity index (χ2v) is 11.7. The molecule has 0 radical (unpaired) electrons. The Balaban J connectivity index is 2.05.